The third-order valence-electron chi connectivity index (χ3n) is 4.42. The Hall–Kier alpha value is -2.69. The number of nitrogens with zero attached hydrogens (tertiary/aromatic N) is 1. The highest BCUT2D eigenvalue weighted by Gasteiger charge is 2.52. The van der Waals surface area contributed by atoms with Gasteiger partial charge in [-0.2, -0.15) is 5.26 Å². The summed E-state index contributed by atoms with van der Waals surface area (Å²) < 4.78 is 15.2. The molecular weight excluding hydrogens is 426 g/mol. The summed E-state index contributed by atoms with van der Waals surface area (Å²) in [6.45, 7) is 1.68. The van der Waals surface area contributed by atoms with E-state index in [0.29, 0.717) is 11.1 Å². The van der Waals surface area contributed by atoms with Gasteiger partial charge in [-0.3, -0.25) is 0 Å². The molecule has 1 heterocycles. The monoisotopic (exact) mass is 443 g/mol. The highest BCUT2D eigenvalue weighted by molar-refractivity contribution is 9.10. The van der Waals surface area contributed by atoms with Crippen molar-refractivity contribution in [2.24, 2.45) is 0 Å². The summed E-state index contributed by atoms with van der Waals surface area (Å²) in [7, 11) is 0. The van der Waals surface area contributed by atoms with Gasteiger partial charge in [0.25, 0.3) is 0 Å². The maximum Gasteiger partial charge on any atom is 0.338 e. The van der Waals surface area contributed by atoms with Crippen molar-refractivity contribution in [3.63, 3.8) is 0 Å². The maximum atomic E-state index is 12.4. The molecule has 7 heteroatoms. The standard InChI is InChI=1S/C21H18BrNO5/c1-14(26-19(24)15-8-4-2-5-9-15)17-12-18(21(22,13-23)28-17)27-20(25)16-10-6-3-7-11-16/h2-11,14,17-18H,12H2,1H3. The van der Waals surface area contributed by atoms with Gasteiger partial charge in [0, 0.05) is 6.42 Å². The van der Waals surface area contributed by atoms with Gasteiger partial charge < -0.3 is 14.2 Å². The van der Waals surface area contributed by atoms with Crippen molar-refractivity contribution in [1.82, 2.24) is 0 Å². The van der Waals surface area contributed by atoms with Gasteiger partial charge in [0.05, 0.1) is 11.1 Å². The summed E-state index contributed by atoms with van der Waals surface area (Å²) in [5.41, 5.74) is 0.798. The molecule has 28 heavy (non-hydrogen) atoms. The third-order valence-corrected chi connectivity index (χ3v) is 5.30. The topological polar surface area (TPSA) is 85.6 Å². The first-order valence-corrected chi connectivity index (χ1v) is 9.52. The Balaban J connectivity index is 1.67. The van der Waals surface area contributed by atoms with Crippen LogP contribution in [0.2, 0.25) is 0 Å². The molecule has 0 aliphatic carbocycles. The molecule has 4 unspecified atom stereocenters. The summed E-state index contributed by atoms with van der Waals surface area (Å²) in [6, 6.07) is 19.1. The minimum Gasteiger partial charge on any atom is -0.456 e. The average molecular weight is 444 g/mol. The number of benzene rings is 2. The predicted octanol–water partition coefficient (Wildman–Crippen LogP) is 3.86. The van der Waals surface area contributed by atoms with E-state index in [1.807, 2.05) is 6.07 Å². The van der Waals surface area contributed by atoms with Gasteiger partial charge in [0.1, 0.15) is 18.3 Å². The molecule has 4 atom stereocenters. The zero-order chi connectivity index (χ0) is 20.1. The zero-order valence-corrected chi connectivity index (χ0v) is 16.7. The molecule has 0 saturated carbocycles. The van der Waals surface area contributed by atoms with Gasteiger partial charge in [-0.15, -0.1) is 0 Å². The van der Waals surface area contributed by atoms with Crippen molar-refractivity contribution in [3.05, 3.63) is 71.8 Å². The van der Waals surface area contributed by atoms with Crippen LogP contribution in [0.5, 0.6) is 0 Å². The first-order valence-electron chi connectivity index (χ1n) is 8.73. The molecule has 0 amide bonds. The number of hydrogen-bond acceptors (Lipinski definition) is 6. The van der Waals surface area contributed by atoms with Gasteiger partial charge in [0.15, 0.2) is 6.10 Å². The Bertz CT molecular complexity index is 883. The van der Waals surface area contributed by atoms with Crippen LogP contribution >= 0.6 is 15.9 Å². The van der Waals surface area contributed by atoms with Crippen LogP contribution < -0.4 is 0 Å². The Kier molecular flexibility index (Phi) is 6.12. The number of carbonyl (C=O) groups is 2. The average Bonchev–Trinajstić information content (AvgIpc) is 3.06. The summed E-state index contributed by atoms with van der Waals surface area (Å²) in [4.78, 5) is 24.6. The van der Waals surface area contributed by atoms with Crippen LogP contribution in [0.25, 0.3) is 0 Å². The third kappa shape index (κ3) is 4.41. The van der Waals surface area contributed by atoms with Crippen LogP contribution in [0, 0.1) is 11.3 Å². The fraction of sp³-hybridized carbons (Fsp3) is 0.286. The Labute approximate surface area is 171 Å². The summed E-state index contributed by atoms with van der Waals surface area (Å²) in [6.07, 6.45) is -1.90. The molecule has 1 saturated heterocycles. The summed E-state index contributed by atoms with van der Waals surface area (Å²) >= 11 is 3.23. The van der Waals surface area contributed by atoms with Crippen LogP contribution in [0.4, 0.5) is 0 Å². The second-order valence-corrected chi connectivity index (χ2v) is 7.56. The number of carbonyl (C=O) groups excluding carboxylic acids is 2. The lowest BCUT2D eigenvalue weighted by Gasteiger charge is -2.22. The lowest BCUT2D eigenvalue weighted by molar-refractivity contribution is -0.0453. The maximum absolute atomic E-state index is 12.4. The predicted molar refractivity (Wildman–Crippen MR) is 104 cm³/mol. The molecule has 2 aromatic carbocycles. The number of halogens is 1. The SMILES string of the molecule is CC(OC(=O)c1ccccc1)C1CC(OC(=O)c2ccccc2)C(Br)(C#N)O1. The molecule has 2 aromatic rings. The van der Waals surface area contributed by atoms with Crippen LogP contribution in [-0.2, 0) is 14.2 Å². The number of alkyl halides is 1. The second kappa shape index (κ2) is 8.55. The number of ether oxygens (including phenoxy) is 3. The van der Waals surface area contributed by atoms with Gasteiger partial charge in [-0.05, 0) is 47.1 Å². The van der Waals surface area contributed by atoms with Gasteiger partial charge in [0.2, 0.25) is 4.51 Å². The van der Waals surface area contributed by atoms with Gasteiger partial charge in [-0.25, -0.2) is 9.59 Å². The van der Waals surface area contributed by atoms with Crippen molar-refractivity contribution in [2.75, 3.05) is 0 Å². The molecule has 1 aliphatic heterocycles. The van der Waals surface area contributed by atoms with Gasteiger partial charge >= 0.3 is 11.9 Å². The first-order chi connectivity index (χ1) is 13.4. The quantitative estimate of drug-likeness (QED) is 0.514. The van der Waals surface area contributed by atoms with E-state index >= 15 is 0 Å². The van der Waals surface area contributed by atoms with E-state index in [9.17, 15) is 14.9 Å². The van der Waals surface area contributed by atoms with Crippen LogP contribution in [0.3, 0.4) is 0 Å². The largest absolute Gasteiger partial charge is 0.456 e. The molecule has 3 rings (SSSR count). The van der Waals surface area contributed by atoms with Crippen LogP contribution in [-0.4, -0.2) is 34.8 Å². The highest BCUT2D eigenvalue weighted by Crippen LogP contribution is 2.40. The molecule has 1 fully saturated rings. The molecule has 1 aliphatic rings. The molecule has 0 aromatic heterocycles. The van der Waals surface area contributed by atoms with Crippen LogP contribution in [0.15, 0.2) is 60.7 Å². The van der Waals surface area contributed by atoms with Crippen molar-refractivity contribution in [3.8, 4) is 6.07 Å². The van der Waals surface area contributed by atoms with Crippen molar-refractivity contribution in [1.29, 1.82) is 5.26 Å². The lowest BCUT2D eigenvalue weighted by atomic mass is 10.1. The first kappa shape index (κ1) is 20.1. The van der Waals surface area contributed by atoms with Crippen molar-refractivity contribution < 1.29 is 23.8 Å². The number of nitriles is 1. The smallest absolute Gasteiger partial charge is 0.338 e. The van der Waals surface area contributed by atoms with E-state index in [2.05, 4.69) is 15.9 Å². The fourth-order valence-corrected chi connectivity index (χ4v) is 3.40. The fourth-order valence-electron chi connectivity index (χ4n) is 2.88. The lowest BCUT2D eigenvalue weighted by Crippen LogP contribution is -2.35. The minimum absolute atomic E-state index is 0.209. The van der Waals surface area contributed by atoms with Crippen molar-refractivity contribution >= 4 is 27.9 Å². The minimum atomic E-state index is -1.50. The normalized spacial score (nSPS) is 24.8. The molecule has 0 spiro atoms. The van der Waals surface area contributed by atoms with E-state index < -0.39 is 34.8 Å². The second-order valence-electron chi connectivity index (χ2n) is 6.39. The zero-order valence-electron chi connectivity index (χ0n) is 15.1. The number of hydrogen-bond donors (Lipinski definition) is 0. The van der Waals surface area contributed by atoms with E-state index in [0.717, 1.165) is 0 Å². The Morgan fingerprint density at radius 1 is 1.11 bits per heavy atom. The Morgan fingerprint density at radius 3 is 2.18 bits per heavy atom. The van der Waals surface area contributed by atoms with E-state index in [4.69, 9.17) is 14.2 Å². The molecule has 6 nitrogen and oxygen atoms in total. The molecule has 0 N–H and O–H groups in total. The summed E-state index contributed by atoms with van der Waals surface area (Å²) in [5.74, 6) is -1.04. The molecule has 144 valence electrons. The number of rotatable bonds is 5. The Morgan fingerprint density at radius 2 is 1.64 bits per heavy atom. The van der Waals surface area contributed by atoms with E-state index in [1.54, 1.807) is 67.6 Å². The van der Waals surface area contributed by atoms with Crippen molar-refractivity contribution in [2.45, 2.75) is 36.2 Å². The molecule has 0 radical (unpaired) electrons. The van der Waals surface area contributed by atoms with Crippen LogP contribution in [0.1, 0.15) is 34.1 Å². The number of esters is 2. The van der Waals surface area contributed by atoms with Gasteiger partial charge in [-0.1, -0.05) is 36.4 Å². The van der Waals surface area contributed by atoms with E-state index in [-0.39, 0.29) is 6.42 Å². The molecular formula is C21H18BrNO5. The highest BCUT2D eigenvalue weighted by atomic mass is 79.9. The summed E-state index contributed by atoms with van der Waals surface area (Å²) in [5, 5.41) is 9.52. The van der Waals surface area contributed by atoms with E-state index in [1.165, 1.54) is 0 Å². The molecule has 0 bridgehead atoms.